The van der Waals surface area contributed by atoms with E-state index in [-0.39, 0.29) is 17.9 Å². The number of carbonyl (C=O) groups is 2. The molecule has 1 atom stereocenters. The third kappa shape index (κ3) is 4.13. The van der Waals surface area contributed by atoms with Crippen LogP contribution >= 0.6 is 0 Å². The van der Waals surface area contributed by atoms with E-state index in [2.05, 4.69) is 15.5 Å². The number of amides is 2. The lowest BCUT2D eigenvalue weighted by Crippen LogP contribution is -2.44. The van der Waals surface area contributed by atoms with Crippen molar-refractivity contribution in [3.05, 3.63) is 48.0 Å². The predicted molar refractivity (Wildman–Crippen MR) is 111 cm³/mol. The number of fused-ring (bicyclic) bond motifs is 3. The van der Waals surface area contributed by atoms with Gasteiger partial charge in [0.1, 0.15) is 24.1 Å². The molecule has 0 bridgehead atoms. The minimum atomic E-state index is -0.194. The quantitative estimate of drug-likeness (QED) is 0.705. The summed E-state index contributed by atoms with van der Waals surface area (Å²) >= 11 is 0. The summed E-state index contributed by atoms with van der Waals surface area (Å²) in [5.41, 5.74) is 2.21. The van der Waals surface area contributed by atoms with Gasteiger partial charge in [-0.3, -0.25) is 9.59 Å². The highest BCUT2D eigenvalue weighted by molar-refractivity contribution is 6.06. The Morgan fingerprint density at radius 1 is 1.17 bits per heavy atom. The molecule has 2 aliphatic rings. The fraction of sp³-hybridized carbons (Fsp3) is 0.364. The van der Waals surface area contributed by atoms with Crippen LogP contribution in [0.3, 0.4) is 0 Å². The van der Waals surface area contributed by atoms with Crippen molar-refractivity contribution in [1.82, 2.24) is 5.32 Å². The summed E-state index contributed by atoms with van der Waals surface area (Å²) in [6.45, 7) is 4.17. The van der Waals surface area contributed by atoms with Crippen molar-refractivity contribution in [3.63, 3.8) is 0 Å². The van der Waals surface area contributed by atoms with Gasteiger partial charge in [0.2, 0.25) is 5.91 Å². The monoisotopic (exact) mass is 395 g/mol. The number of carbonyl (C=O) groups excluding carboxylic acids is 2. The van der Waals surface area contributed by atoms with Gasteiger partial charge >= 0.3 is 0 Å². The minimum absolute atomic E-state index is 0.0105. The van der Waals surface area contributed by atoms with Crippen molar-refractivity contribution in [1.29, 1.82) is 0 Å². The number of nitrogens with one attached hydrogen (secondary N) is 2. The van der Waals surface area contributed by atoms with E-state index in [0.29, 0.717) is 31.0 Å². The van der Waals surface area contributed by atoms with E-state index >= 15 is 0 Å². The molecule has 0 saturated carbocycles. The van der Waals surface area contributed by atoms with Gasteiger partial charge in [-0.25, -0.2) is 0 Å². The van der Waals surface area contributed by atoms with Crippen molar-refractivity contribution in [2.24, 2.45) is 0 Å². The Kier molecular flexibility index (Phi) is 5.55. The van der Waals surface area contributed by atoms with Crippen LogP contribution in [0.15, 0.2) is 42.5 Å². The van der Waals surface area contributed by atoms with Crippen LogP contribution in [-0.2, 0) is 4.79 Å². The standard InChI is InChI=1S/C22H25N3O4/c1-2-28-16-6-8-17(9-7-16)29-13-11-23-21(26)15-5-10-19-18(14-15)24-22(27)20-4-3-12-25(19)20/h5-10,14,20H,2-4,11-13H2,1H3,(H,23,26)(H,24,27)/t20-/m1/s1. The minimum Gasteiger partial charge on any atom is -0.494 e. The molecule has 2 aliphatic heterocycles. The van der Waals surface area contributed by atoms with Gasteiger partial charge in [-0.05, 0) is 62.2 Å². The van der Waals surface area contributed by atoms with Crippen LogP contribution in [0.2, 0.25) is 0 Å². The van der Waals surface area contributed by atoms with Crippen LogP contribution in [-0.4, -0.2) is 44.2 Å². The first-order chi connectivity index (χ1) is 14.2. The van der Waals surface area contributed by atoms with Gasteiger partial charge in [-0.2, -0.15) is 0 Å². The van der Waals surface area contributed by atoms with Crippen LogP contribution in [0.5, 0.6) is 11.5 Å². The highest BCUT2D eigenvalue weighted by Gasteiger charge is 2.36. The SMILES string of the molecule is CCOc1ccc(OCCNC(=O)c2ccc3c(c2)NC(=O)[C@H]2CCCN32)cc1. The molecule has 0 spiro atoms. The van der Waals surface area contributed by atoms with E-state index in [4.69, 9.17) is 9.47 Å². The molecule has 0 radical (unpaired) electrons. The van der Waals surface area contributed by atoms with E-state index in [1.165, 1.54) is 0 Å². The zero-order valence-electron chi connectivity index (χ0n) is 16.4. The first-order valence-electron chi connectivity index (χ1n) is 10.0. The zero-order chi connectivity index (χ0) is 20.2. The molecule has 2 amide bonds. The lowest BCUT2D eigenvalue weighted by molar-refractivity contribution is -0.117. The fourth-order valence-corrected chi connectivity index (χ4v) is 3.81. The number of rotatable bonds is 7. The van der Waals surface area contributed by atoms with Gasteiger partial charge in [0.05, 0.1) is 24.5 Å². The smallest absolute Gasteiger partial charge is 0.251 e. The molecule has 4 rings (SSSR count). The summed E-state index contributed by atoms with van der Waals surface area (Å²) in [7, 11) is 0. The molecule has 2 N–H and O–H groups in total. The Labute approximate surface area is 170 Å². The topological polar surface area (TPSA) is 79.9 Å². The Morgan fingerprint density at radius 3 is 2.69 bits per heavy atom. The van der Waals surface area contributed by atoms with Gasteiger partial charge in [0.25, 0.3) is 5.91 Å². The summed E-state index contributed by atoms with van der Waals surface area (Å²) in [6, 6.07) is 12.8. The summed E-state index contributed by atoms with van der Waals surface area (Å²) in [6.07, 6.45) is 1.88. The van der Waals surface area contributed by atoms with Crippen molar-refractivity contribution in [2.45, 2.75) is 25.8 Å². The third-order valence-electron chi connectivity index (χ3n) is 5.17. The highest BCUT2D eigenvalue weighted by Crippen LogP contribution is 2.37. The van der Waals surface area contributed by atoms with Crippen molar-refractivity contribution in [2.75, 3.05) is 36.5 Å². The number of anilines is 2. The van der Waals surface area contributed by atoms with Crippen molar-refractivity contribution in [3.8, 4) is 11.5 Å². The number of nitrogens with zero attached hydrogens (tertiary/aromatic N) is 1. The molecule has 0 aromatic heterocycles. The Morgan fingerprint density at radius 2 is 1.93 bits per heavy atom. The molecule has 2 aromatic rings. The molecular weight excluding hydrogens is 370 g/mol. The molecular formula is C22H25N3O4. The molecule has 7 nitrogen and oxygen atoms in total. The van der Waals surface area contributed by atoms with Gasteiger partial charge in [0, 0.05) is 12.1 Å². The predicted octanol–water partition coefficient (Wildman–Crippen LogP) is 2.82. The van der Waals surface area contributed by atoms with E-state index < -0.39 is 0 Å². The van der Waals surface area contributed by atoms with Crippen LogP contribution < -0.4 is 25.0 Å². The Bertz CT molecular complexity index is 897. The van der Waals surface area contributed by atoms with Crippen molar-refractivity contribution < 1.29 is 19.1 Å². The summed E-state index contributed by atoms with van der Waals surface area (Å²) in [4.78, 5) is 26.8. The first-order valence-corrected chi connectivity index (χ1v) is 10.0. The lowest BCUT2D eigenvalue weighted by Gasteiger charge is -2.33. The number of ether oxygens (including phenoxy) is 2. The summed E-state index contributed by atoms with van der Waals surface area (Å²) < 4.78 is 11.0. The third-order valence-corrected chi connectivity index (χ3v) is 5.17. The maximum atomic E-state index is 12.5. The molecule has 1 saturated heterocycles. The average molecular weight is 395 g/mol. The second kappa shape index (κ2) is 8.43. The molecule has 2 heterocycles. The molecule has 7 heteroatoms. The van der Waals surface area contributed by atoms with E-state index in [9.17, 15) is 9.59 Å². The molecule has 0 aliphatic carbocycles. The van der Waals surface area contributed by atoms with Crippen LogP contribution in [0, 0.1) is 0 Å². The van der Waals surface area contributed by atoms with Gasteiger partial charge in [-0.15, -0.1) is 0 Å². The number of hydrogen-bond acceptors (Lipinski definition) is 5. The maximum Gasteiger partial charge on any atom is 0.251 e. The van der Waals surface area contributed by atoms with Gasteiger partial charge in [-0.1, -0.05) is 0 Å². The van der Waals surface area contributed by atoms with E-state index in [1.54, 1.807) is 12.1 Å². The number of hydrogen-bond donors (Lipinski definition) is 2. The Hall–Kier alpha value is -3.22. The molecule has 152 valence electrons. The summed E-state index contributed by atoms with van der Waals surface area (Å²) in [5, 5.41) is 5.78. The second-order valence-corrected chi connectivity index (χ2v) is 7.08. The Balaban J connectivity index is 1.30. The van der Waals surface area contributed by atoms with Crippen molar-refractivity contribution >= 4 is 23.2 Å². The van der Waals surface area contributed by atoms with E-state index in [0.717, 1.165) is 36.6 Å². The summed E-state index contributed by atoms with van der Waals surface area (Å²) in [5.74, 6) is 1.34. The van der Waals surface area contributed by atoms with Crippen LogP contribution in [0.1, 0.15) is 30.1 Å². The first kappa shape index (κ1) is 19.1. The fourth-order valence-electron chi connectivity index (χ4n) is 3.81. The van der Waals surface area contributed by atoms with Crippen LogP contribution in [0.25, 0.3) is 0 Å². The lowest BCUT2D eigenvalue weighted by atomic mass is 10.1. The molecule has 2 aromatic carbocycles. The van der Waals surface area contributed by atoms with Crippen LogP contribution in [0.4, 0.5) is 11.4 Å². The second-order valence-electron chi connectivity index (χ2n) is 7.08. The average Bonchev–Trinajstić information content (AvgIpc) is 3.23. The normalized spacial score (nSPS) is 17.2. The number of benzene rings is 2. The van der Waals surface area contributed by atoms with Gasteiger partial charge < -0.3 is 25.0 Å². The molecule has 1 fully saturated rings. The maximum absolute atomic E-state index is 12.5. The molecule has 0 unspecified atom stereocenters. The largest absolute Gasteiger partial charge is 0.494 e. The molecule has 29 heavy (non-hydrogen) atoms. The van der Waals surface area contributed by atoms with E-state index in [1.807, 2.05) is 37.3 Å². The zero-order valence-corrected chi connectivity index (χ0v) is 16.4. The highest BCUT2D eigenvalue weighted by atomic mass is 16.5. The van der Waals surface area contributed by atoms with Gasteiger partial charge in [0.15, 0.2) is 0 Å².